The van der Waals surface area contributed by atoms with Gasteiger partial charge >= 0.3 is 0 Å². The predicted molar refractivity (Wildman–Crippen MR) is 80.4 cm³/mol. The molecule has 1 fully saturated rings. The monoisotopic (exact) mass is 353 g/mol. The molecule has 1 aliphatic carbocycles. The molecule has 2 aromatic rings. The Hall–Kier alpha value is -1.46. The molecule has 0 aliphatic heterocycles. The van der Waals surface area contributed by atoms with E-state index in [-0.39, 0.29) is 11.5 Å². The number of rotatable bonds is 5. The van der Waals surface area contributed by atoms with Crippen molar-refractivity contribution < 1.29 is 13.5 Å². The average molecular weight is 354 g/mol. The smallest absolute Gasteiger partial charge is 0.166 e. The van der Waals surface area contributed by atoms with Gasteiger partial charge in [0.25, 0.3) is 0 Å². The molecule has 1 saturated carbocycles. The lowest BCUT2D eigenvalue weighted by molar-refractivity contribution is 0.414. The van der Waals surface area contributed by atoms with Crippen LogP contribution in [0.2, 0.25) is 0 Å². The number of nitrogens with one attached hydrogen (secondary N) is 1. The number of hydrogen-bond donors (Lipinski definition) is 1. The summed E-state index contributed by atoms with van der Waals surface area (Å²) in [5, 5.41) is 3.31. The van der Waals surface area contributed by atoms with Gasteiger partial charge in [-0.05, 0) is 48.7 Å². The summed E-state index contributed by atoms with van der Waals surface area (Å²) in [4.78, 5) is 0. The summed E-state index contributed by atoms with van der Waals surface area (Å²) in [5.41, 5.74) is 0.850. The van der Waals surface area contributed by atoms with E-state index in [9.17, 15) is 8.78 Å². The molecule has 0 amide bonds. The SMILES string of the molecule is Fc1cc(Br)ccc1Oc1ccc(CNC2CC2)cc1F. The predicted octanol–water partition coefficient (Wildman–Crippen LogP) is 4.77. The molecule has 21 heavy (non-hydrogen) atoms. The molecule has 0 atom stereocenters. The van der Waals surface area contributed by atoms with Gasteiger partial charge in [-0.25, -0.2) is 8.78 Å². The zero-order valence-electron chi connectivity index (χ0n) is 11.2. The maximum absolute atomic E-state index is 14.0. The summed E-state index contributed by atoms with van der Waals surface area (Å²) in [6, 6.07) is 9.68. The first-order chi connectivity index (χ1) is 10.1. The third-order valence-electron chi connectivity index (χ3n) is 3.28. The fourth-order valence-electron chi connectivity index (χ4n) is 1.96. The lowest BCUT2D eigenvalue weighted by Gasteiger charge is -2.10. The van der Waals surface area contributed by atoms with Crippen LogP contribution in [-0.2, 0) is 6.54 Å². The van der Waals surface area contributed by atoms with Gasteiger partial charge in [-0.15, -0.1) is 0 Å². The highest BCUT2D eigenvalue weighted by atomic mass is 79.9. The first kappa shape index (κ1) is 14.5. The van der Waals surface area contributed by atoms with Crippen LogP contribution in [0.3, 0.4) is 0 Å². The molecule has 0 aromatic heterocycles. The van der Waals surface area contributed by atoms with E-state index in [2.05, 4.69) is 21.2 Å². The van der Waals surface area contributed by atoms with Gasteiger partial charge in [-0.3, -0.25) is 0 Å². The van der Waals surface area contributed by atoms with E-state index in [0.717, 1.165) is 5.56 Å². The minimum atomic E-state index is -0.539. The highest BCUT2D eigenvalue weighted by Crippen LogP contribution is 2.29. The summed E-state index contributed by atoms with van der Waals surface area (Å²) < 4.78 is 33.6. The summed E-state index contributed by atoms with van der Waals surface area (Å²) >= 11 is 3.16. The molecule has 0 unspecified atom stereocenters. The third kappa shape index (κ3) is 3.80. The molecule has 1 N–H and O–H groups in total. The van der Waals surface area contributed by atoms with Gasteiger partial charge in [-0.2, -0.15) is 0 Å². The number of ether oxygens (including phenoxy) is 1. The highest BCUT2D eigenvalue weighted by molar-refractivity contribution is 9.10. The summed E-state index contributed by atoms with van der Waals surface area (Å²) in [6.45, 7) is 0.633. The first-order valence-electron chi connectivity index (χ1n) is 6.76. The van der Waals surface area contributed by atoms with E-state index in [1.807, 2.05) is 0 Å². The van der Waals surface area contributed by atoms with Crippen LogP contribution in [0.4, 0.5) is 8.78 Å². The Bertz CT molecular complexity index is 659. The third-order valence-corrected chi connectivity index (χ3v) is 3.78. The Morgan fingerprint density at radius 3 is 2.33 bits per heavy atom. The molecule has 0 bridgehead atoms. The largest absolute Gasteiger partial charge is 0.451 e. The Kier molecular flexibility index (Phi) is 4.22. The van der Waals surface area contributed by atoms with Crippen LogP contribution in [0.25, 0.3) is 0 Å². The molecular formula is C16H14BrF2NO. The Labute approximate surface area is 130 Å². The van der Waals surface area contributed by atoms with Crippen molar-refractivity contribution in [3.8, 4) is 11.5 Å². The molecule has 0 saturated heterocycles. The molecule has 2 aromatic carbocycles. The van der Waals surface area contributed by atoms with Crippen LogP contribution < -0.4 is 10.1 Å². The van der Waals surface area contributed by atoms with Crippen molar-refractivity contribution in [1.29, 1.82) is 0 Å². The molecule has 0 spiro atoms. The molecule has 0 radical (unpaired) electrons. The maximum Gasteiger partial charge on any atom is 0.166 e. The zero-order chi connectivity index (χ0) is 14.8. The van der Waals surface area contributed by atoms with E-state index < -0.39 is 11.6 Å². The van der Waals surface area contributed by atoms with Crippen molar-refractivity contribution in [3.05, 3.63) is 58.1 Å². The molecule has 5 heteroatoms. The second-order valence-electron chi connectivity index (χ2n) is 5.10. The summed E-state index contributed by atoms with van der Waals surface area (Å²) in [6.07, 6.45) is 2.37. The number of hydrogen-bond acceptors (Lipinski definition) is 2. The topological polar surface area (TPSA) is 21.3 Å². The van der Waals surface area contributed by atoms with Gasteiger partial charge in [0, 0.05) is 17.1 Å². The lowest BCUT2D eigenvalue weighted by Crippen LogP contribution is -2.15. The normalized spacial score (nSPS) is 14.2. The Balaban J connectivity index is 1.72. The van der Waals surface area contributed by atoms with Gasteiger partial charge in [0.15, 0.2) is 23.1 Å². The second kappa shape index (κ2) is 6.12. The molecule has 2 nitrogen and oxygen atoms in total. The van der Waals surface area contributed by atoms with E-state index >= 15 is 0 Å². The van der Waals surface area contributed by atoms with Crippen LogP contribution in [-0.4, -0.2) is 6.04 Å². The molecule has 1 aliphatic rings. The van der Waals surface area contributed by atoms with Crippen molar-refractivity contribution in [2.24, 2.45) is 0 Å². The average Bonchev–Trinajstić information content (AvgIpc) is 3.26. The summed E-state index contributed by atoms with van der Waals surface area (Å²) in [5.74, 6) is -1.01. The first-order valence-corrected chi connectivity index (χ1v) is 7.56. The Morgan fingerprint density at radius 1 is 1.05 bits per heavy atom. The highest BCUT2D eigenvalue weighted by Gasteiger charge is 2.20. The minimum Gasteiger partial charge on any atom is -0.451 e. The van der Waals surface area contributed by atoms with Crippen LogP contribution in [0.1, 0.15) is 18.4 Å². The number of halogens is 3. The van der Waals surface area contributed by atoms with E-state index in [1.54, 1.807) is 12.1 Å². The standard InChI is InChI=1S/C16H14BrF2NO/c17-11-2-6-16(14(19)8-11)21-15-5-1-10(7-13(15)18)9-20-12-3-4-12/h1-2,5-8,12,20H,3-4,9H2. The van der Waals surface area contributed by atoms with Gasteiger partial charge < -0.3 is 10.1 Å². The number of benzene rings is 2. The Morgan fingerprint density at radius 2 is 1.71 bits per heavy atom. The van der Waals surface area contributed by atoms with Crippen molar-refractivity contribution in [2.75, 3.05) is 0 Å². The second-order valence-corrected chi connectivity index (χ2v) is 6.01. The van der Waals surface area contributed by atoms with E-state index in [4.69, 9.17) is 4.74 Å². The summed E-state index contributed by atoms with van der Waals surface area (Å²) in [7, 11) is 0. The van der Waals surface area contributed by atoms with Crippen LogP contribution in [0, 0.1) is 11.6 Å². The molecule has 110 valence electrons. The quantitative estimate of drug-likeness (QED) is 0.835. The maximum atomic E-state index is 14.0. The van der Waals surface area contributed by atoms with E-state index in [0.29, 0.717) is 17.1 Å². The minimum absolute atomic E-state index is 0.000885. The molecular weight excluding hydrogens is 340 g/mol. The van der Waals surface area contributed by atoms with E-state index in [1.165, 1.54) is 37.1 Å². The zero-order valence-corrected chi connectivity index (χ0v) is 12.8. The lowest BCUT2D eigenvalue weighted by atomic mass is 10.2. The van der Waals surface area contributed by atoms with Crippen LogP contribution in [0.5, 0.6) is 11.5 Å². The van der Waals surface area contributed by atoms with Crippen LogP contribution >= 0.6 is 15.9 Å². The fourth-order valence-corrected chi connectivity index (χ4v) is 2.30. The van der Waals surface area contributed by atoms with Crippen LogP contribution in [0.15, 0.2) is 40.9 Å². The van der Waals surface area contributed by atoms with Gasteiger partial charge in [0.2, 0.25) is 0 Å². The van der Waals surface area contributed by atoms with Gasteiger partial charge in [0.1, 0.15) is 0 Å². The molecule has 3 rings (SSSR count). The van der Waals surface area contributed by atoms with Gasteiger partial charge in [0.05, 0.1) is 0 Å². The van der Waals surface area contributed by atoms with Crippen molar-refractivity contribution >= 4 is 15.9 Å². The molecule has 0 heterocycles. The van der Waals surface area contributed by atoms with Crippen molar-refractivity contribution in [1.82, 2.24) is 5.32 Å². The van der Waals surface area contributed by atoms with Gasteiger partial charge in [-0.1, -0.05) is 22.0 Å². The fraction of sp³-hybridized carbons (Fsp3) is 0.250. The van der Waals surface area contributed by atoms with Crippen molar-refractivity contribution in [3.63, 3.8) is 0 Å². The van der Waals surface area contributed by atoms with Crippen molar-refractivity contribution in [2.45, 2.75) is 25.4 Å².